The minimum atomic E-state index is -0.541. The smallest absolute Gasteiger partial charge is 0.412 e. The number of aromatic hydroxyl groups is 1. The number of carbonyl (C=O) groups is 1. The Hall–Kier alpha value is -1.75. The van der Waals surface area contributed by atoms with Crippen molar-refractivity contribution >= 4 is 11.8 Å². The van der Waals surface area contributed by atoms with E-state index >= 15 is 0 Å². The van der Waals surface area contributed by atoms with E-state index in [0.717, 1.165) is 24.9 Å². The van der Waals surface area contributed by atoms with E-state index in [-0.39, 0.29) is 5.75 Å². The summed E-state index contributed by atoms with van der Waals surface area (Å²) in [6.07, 6.45) is 2.60. The molecule has 1 aromatic carbocycles. The quantitative estimate of drug-likeness (QED) is 0.801. The number of ether oxygens (including phenoxy) is 1. The van der Waals surface area contributed by atoms with Gasteiger partial charge >= 0.3 is 6.09 Å². The fourth-order valence-corrected chi connectivity index (χ4v) is 2.43. The van der Waals surface area contributed by atoms with E-state index in [1.807, 2.05) is 26.8 Å². The number of nitrogens with one attached hydrogen (secondary N) is 2. The molecule has 2 rings (SSSR count). The standard InChI is InChI=1S/C16H24N2O3/c1-16(2,3)21-15(20)18-13-7-6-11(14(19)10-13)9-12-5-4-8-17-12/h6-7,10,12,17,19H,4-5,8-9H2,1-3H3,(H,18,20). The molecule has 1 fully saturated rings. The van der Waals surface area contributed by atoms with Crippen LogP contribution in [0.15, 0.2) is 18.2 Å². The fourth-order valence-electron chi connectivity index (χ4n) is 2.43. The molecule has 5 nitrogen and oxygen atoms in total. The molecule has 3 N–H and O–H groups in total. The molecule has 21 heavy (non-hydrogen) atoms. The number of carbonyl (C=O) groups excluding carboxylic acids is 1. The largest absolute Gasteiger partial charge is 0.508 e. The molecule has 116 valence electrons. The lowest BCUT2D eigenvalue weighted by atomic mass is 10.0. The SMILES string of the molecule is CC(C)(C)OC(=O)Nc1ccc(CC2CCCN2)c(O)c1. The maximum absolute atomic E-state index is 11.7. The van der Waals surface area contributed by atoms with Crippen LogP contribution < -0.4 is 10.6 Å². The van der Waals surface area contributed by atoms with E-state index < -0.39 is 11.7 Å². The number of phenols is 1. The minimum absolute atomic E-state index is 0.206. The monoisotopic (exact) mass is 292 g/mol. The van der Waals surface area contributed by atoms with Crippen LogP contribution in [0.3, 0.4) is 0 Å². The van der Waals surface area contributed by atoms with Crippen molar-refractivity contribution in [3.63, 3.8) is 0 Å². The second kappa shape index (κ2) is 6.35. The van der Waals surface area contributed by atoms with Gasteiger partial charge in [-0.05, 0) is 58.2 Å². The molecule has 0 aliphatic carbocycles. The van der Waals surface area contributed by atoms with Crippen LogP contribution in [-0.4, -0.2) is 29.4 Å². The molecular formula is C16H24N2O3. The first-order valence-electron chi connectivity index (χ1n) is 7.39. The van der Waals surface area contributed by atoms with Crippen molar-refractivity contribution in [3.8, 4) is 5.75 Å². The Labute approximate surface area is 125 Å². The topological polar surface area (TPSA) is 70.6 Å². The highest BCUT2D eigenvalue weighted by atomic mass is 16.6. The molecule has 1 heterocycles. The minimum Gasteiger partial charge on any atom is -0.508 e. The van der Waals surface area contributed by atoms with Gasteiger partial charge in [-0.3, -0.25) is 5.32 Å². The molecule has 1 saturated heterocycles. The molecular weight excluding hydrogens is 268 g/mol. The van der Waals surface area contributed by atoms with Crippen LogP contribution in [0.4, 0.5) is 10.5 Å². The number of hydrogen-bond acceptors (Lipinski definition) is 4. The van der Waals surface area contributed by atoms with Gasteiger partial charge in [-0.15, -0.1) is 0 Å². The van der Waals surface area contributed by atoms with E-state index in [0.29, 0.717) is 11.7 Å². The van der Waals surface area contributed by atoms with Gasteiger partial charge in [0.05, 0.1) is 0 Å². The highest BCUT2D eigenvalue weighted by Crippen LogP contribution is 2.25. The molecule has 1 aliphatic heterocycles. The van der Waals surface area contributed by atoms with Gasteiger partial charge in [0.15, 0.2) is 0 Å². The summed E-state index contributed by atoms with van der Waals surface area (Å²) in [7, 11) is 0. The van der Waals surface area contributed by atoms with Crippen LogP contribution in [0, 0.1) is 0 Å². The maximum Gasteiger partial charge on any atom is 0.412 e. The van der Waals surface area contributed by atoms with Gasteiger partial charge in [0.2, 0.25) is 0 Å². The molecule has 0 bridgehead atoms. The van der Waals surface area contributed by atoms with E-state index in [1.165, 1.54) is 6.42 Å². The summed E-state index contributed by atoms with van der Waals surface area (Å²) >= 11 is 0. The molecule has 1 atom stereocenters. The zero-order valence-electron chi connectivity index (χ0n) is 12.9. The lowest BCUT2D eigenvalue weighted by Gasteiger charge is -2.20. The first-order chi connectivity index (χ1) is 9.83. The Balaban J connectivity index is 1.96. The van der Waals surface area contributed by atoms with E-state index in [9.17, 15) is 9.90 Å². The molecule has 0 saturated carbocycles. The average Bonchev–Trinajstić information content (AvgIpc) is 2.83. The predicted molar refractivity (Wildman–Crippen MR) is 82.7 cm³/mol. The second-order valence-corrected chi connectivity index (χ2v) is 6.47. The zero-order chi connectivity index (χ0) is 15.5. The third kappa shape index (κ3) is 4.93. The van der Waals surface area contributed by atoms with Crippen molar-refractivity contribution in [3.05, 3.63) is 23.8 Å². The summed E-state index contributed by atoms with van der Waals surface area (Å²) in [6, 6.07) is 5.63. The Bertz CT molecular complexity index is 503. The van der Waals surface area contributed by atoms with Gasteiger partial charge in [-0.1, -0.05) is 6.07 Å². The third-order valence-corrected chi connectivity index (χ3v) is 3.36. The van der Waals surface area contributed by atoms with Crippen molar-refractivity contribution in [1.29, 1.82) is 0 Å². The summed E-state index contributed by atoms with van der Waals surface area (Å²) in [4.78, 5) is 11.7. The van der Waals surface area contributed by atoms with Crippen molar-refractivity contribution in [2.75, 3.05) is 11.9 Å². The number of hydrogen-bond donors (Lipinski definition) is 3. The predicted octanol–water partition coefficient (Wildman–Crippen LogP) is 3.03. The molecule has 1 unspecified atom stereocenters. The lowest BCUT2D eigenvalue weighted by molar-refractivity contribution is 0.0636. The van der Waals surface area contributed by atoms with Crippen molar-refractivity contribution in [2.24, 2.45) is 0 Å². The summed E-state index contributed by atoms with van der Waals surface area (Å²) in [6.45, 7) is 6.47. The van der Waals surface area contributed by atoms with E-state index in [2.05, 4.69) is 10.6 Å². The number of phenolic OH excluding ortho intramolecular Hbond substituents is 1. The van der Waals surface area contributed by atoms with Crippen molar-refractivity contribution < 1.29 is 14.6 Å². The normalized spacial score (nSPS) is 18.5. The van der Waals surface area contributed by atoms with Crippen molar-refractivity contribution in [2.45, 2.75) is 51.7 Å². The Morgan fingerprint density at radius 3 is 2.81 bits per heavy atom. The maximum atomic E-state index is 11.7. The summed E-state index contributed by atoms with van der Waals surface area (Å²) < 4.78 is 5.18. The Morgan fingerprint density at radius 2 is 2.24 bits per heavy atom. The van der Waals surface area contributed by atoms with Crippen LogP contribution >= 0.6 is 0 Å². The molecule has 0 aromatic heterocycles. The van der Waals surface area contributed by atoms with Gasteiger partial charge < -0.3 is 15.2 Å². The van der Waals surface area contributed by atoms with E-state index in [1.54, 1.807) is 12.1 Å². The Kier molecular flexibility index (Phi) is 4.73. The first kappa shape index (κ1) is 15.6. The van der Waals surface area contributed by atoms with Gasteiger partial charge in [0, 0.05) is 17.8 Å². The molecule has 5 heteroatoms. The second-order valence-electron chi connectivity index (χ2n) is 6.47. The summed E-state index contributed by atoms with van der Waals surface area (Å²) in [5.74, 6) is 0.206. The molecule has 1 aromatic rings. The number of rotatable bonds is 3. The highest BCUT2D eigenvalue weighted by molar-refractivity contribution is 5.85. The average molecular weight is 292 g/mol. The van der Waals surface area contributed by atoms with Gasteiger partial charge in [0.25, 0.3) is 0 Å². The number of amides is 1. The third-order valence-electron chi connectivity index (χ3n) is 3.36. The van der Waals surface area contributed by atoms with Gasteiger partial charge in [-0.25, -0.2) is 4.79 Å². The molecule has 0 radical (unpaired) electrons. The number of benzene rings is 1. The Morgan fingerprint density at radius 1 is 1.48 bits per heavy atom. The highest BCUT2D eigenvalue weighted by Gasteiger charge is 2.18. The van der Waals surface area contributed by atoms with E-state index in [4.69, 9.17) is 4.74 Å². The van der Waals surface area contributed by atoms with Crippen LogP contribution in [0.25, 0.3) is 0 Å². The van der Waals surface area contributed by atoms with Crippen LogP contribution in [0.1, 0.15) is 39.2 Å². The zero-order valence-corrected chi connectivity index (χ0v) is 12.9. The lowest BCUT2D eigenvalue weighted by Crippen LogP contribution is -2.27. The molecule has 1 amide bonds. The summed E-state index contributed by atoms with van der Waals surface area (Å²) in [5.41, 5.74) is 0.884. The van der Waals surface area contributed by atoms with Crippen LogP contribution in [0.5, 0.6) is 5.75 Å². The summed E-state index contributed by atoms with van der Waals surface area (Å²) in [5, 5.41) is 16.1. The molecule has 1 aliphatic rings. The van der Waals surface area contributed by atoms with Crippen LogP contribution in [-0.2, 0) is 11.2 Å². The van der Waals surface area contributed by atoms with Crippen LogP contribution in [0.2, 0.25) is 0 Å². The first-order valence-corrected chi connectivity index (χ1v) is 7.39. The van der Waals surface area contributed by atoms with Crippen molar-refractivity contribution in [1.82, 2.24) is 5.32 Å². The van der Waals surface area contributed by atoms with Gasteiger partial charge in [-0.2, -0.15) is 0 Å². The fraction of sp³-hybridized carbons (Fsp3) is 0.562. The number of anilines is 1. The molecule has 0 spiro atoms. The van der Waals surface area contributed by atoms with Gasteiger partial charge in [0.1, 0.15) is 11.4 Å².